The lowest BCUT2D eigenvalue weighted by atomic mass is 9.99. The summed E-state index contributed by atoms with van der Waals surface area (Å²) in [7, 11) is -3.38. The minimum Gasteiger partial charge on any atom is -0.456 e. The second-order valence-corrected chi connectivity index (χ2v) is 10.4. The number of aromatic nitrogens is 1. The van der Waals surface area contributed by atoms with Crippen LogP contribution in [0.25, 0.3) is 28.2 Å². The van der Waals surface area contributed by atoms with E-state index in [2.05, 4.69) is 15.0 Å². The number of anilines is 1. The molecule has 0 radical (unpaired) electrons. The van der Waals surface area contributed by atoms with Gasteiger partial charge in [-0.1, -0.05) is 24.0 Å². The third-order valence-corrected chi connectivity index (χ3v) is 6.23. The number of pyridine rings is 1. The van der Waals surface area contributed by atoms with Crippen molar-refractivity contribution in [3.63, 3.8) is 0 Å². The number of carbonyl (C=O) groups is 1. The standard InChI is InChI=1S/C20H17N3O4S3/c1-10-4-12(5-11(2)17(10)23-30(3,25)26)15-9-21-8-13-6-14(27-18(13)15)7-16-19(24)22-20(28)29-16/h4-9,23H,1-3H3,(H,22,24,28)/b16-7+. The lowest BCUT2D eigenvalue weighted by Crippen LogP contribution is -2.17. The van der Waals surface area contributed by atoms with Crippen LogP contribution in [0.4, 0.5) is 5.69 Å². The van der Waals surface area contributed by atoms with Gasteiger partial charge in [0.2, 0.25) is 10.0 Å². The molecule has 0 bridgehead atoms. The Morgan fingerprint density at radius 1 is 1.20 bits per heavy atom. The largest absolute Gasteiger partial charge is 0.456 e. The van der Waals surface area contributed by atoms with Crippen LogP contribution in [0.3, 0.4) is 0 Å². The summed E-state index contributed by atoms with van der Waals surface area (Å²) >= 11 is 6.20. The van der Waals surface area contributed by atoms with Crippen molar-refractivity contribution in [1.82, 2.24) is 10.3 Å². The Hall–Kier alpha value is -2.69. The summed E-state index contributed by atoms with van der Waals surface area (Å²) in [6.45, 7) is 3.68. The highest BCUT2D eigenvalue weighted by atomic mass is 32.2. The smallest absolute Gasteiger partial charge is 0.263 e. The second-order valence-electron chi connectivity index (χ2n) is 6.97. The average molecular weight is 460 g/mol. The predicted octanol–water partition coefficient (Wildman–Crippen LogP) is 3.97. The number of thiocarbonyl (C=S) groups is 1. The number of hydrogen-bond donors (Lipinski definition) is 2. The summed E-state index contributed by atoms with van der Waals surface area (Å²) in [5, 5.41) is 3.37. The Morgan fingerprint density at radius 2 is 1.90 bits per heavy atom. The number of thioether (sulfide) groups is 1. The van der Waals surface area contributed by atoms with E-state index in [-0.39, 0.29) is 5.91 Å². The minimum atomic E-state index is -3.38. The Labute approximate surface area is 183 Å². The van der Waals surface area contributed by atoms with Crippen LogP contribution in [0.2, 0.25) is 0 Å². The molecule has 0 saturated carbocycles. The van der Waals surface area contributed by atoms with E-state index in [1.165, 1.54) is 11.8 Å². The number of benzene rings is 1. The number of nitrogens with one attached hydrogen (secondary N) is 2. The molecular weight excluding hydrogens is 442 g/mol. The van der Waals surface area contributed by atoms with E-state index >= 15 is 0 Å². The number of carbonyl (C=O) groups excluding carboxylic acids is 1. The van der Waals surface area contributed by atoms with Crippen LogP contribution in [0.5, 0.6) is 0 Å². The summed E-state index contributed by atoms with van der Waals surface area (Å²) in [6, 6.07) is 5.58. The highest BCUT2D eigenvalue weighted by molar-refractivity contribution is 8.26. The lowest BCUT2D eigenvalue weighted by Gasteiger charge is -2.13. The van der Waals surface area contributed by atoms with E-state index in [0.717, 1.165) is 33.9 Å². The monoisotopic (exact) mass is 459 g/mol. The molecule has 1 amide bonds. The Morgan fingerprint density at radius 3 is 2.50 bits per heavy atom. The Bertz CT molecular complexity index is 1330. The number of rotatable bonds is 4. The number of amides is 1. The molecule has 1 aliphatic heterocycles. The van der Waals surface area contributed by atoms with E-state index in [0.29, 0.717) is 26.3 Å². The van der Waals surface area contributed by atoms with Gasteiger partial charge in [-0.2, -0.15) is 0 Å². The highest BCUT2D eigenvalue weighted by Gasteiger charge is 2.23. The van der Waals surface area contributed by atoms with Crippen LogP contribution in [0.1, 0.15) is 16.9 Å². The van der Waals surface area contributed by atoms with Crippen molar-refractivity contribution in [2.45, 2.75) is 13.8 Å². The number of fused-ring (bicyclic) bond motifs is 1. The molecule has 3 heterocycles. The second kappa shape index (κ2) is 7.53. The number of nitrogens with zero attached hydrogens (tertiary/aromatic N) is 1. The first kappa shape index (κ1) is 20.6. The van der Waals surface area contributed by atoms with Crippen LogP contribution in [-0.4, -0.2) is 29.9 Å². The topological polar surface area (TPSA) is 101 Å². The van der Waals surface area contributed by atoms with Gasteiger partial charge in [-0.3, -0.25) is 14.5 Å². The minimum absolute atomic E-state index is 0.246. The molecule has 3 aromatic rings. The predicted molar refractivity (Wildman–Crippen MR) is 124 cm³/mol. The zero-order valence-corrected chi connectivity index (χ0v) is 18.7. The van der Waals surface area contributed by atoms with Gasteiger partial charge in [0.15, 0.2) is 0 Å². The van der Waals surface area contributed by atoms with E-state index < -0.39 is 10.0 Å². The molecule has 0 unspecified atom stereocenters. The highest BCUT2D eigenvalue weighted by Crippen LogP contribution is 2.35. The Balaban J connectivity index is 1.79. The third-order valence-electron chi connectivity index (χ3n) is 4.49. The van der Waals surface area contributed by atoms with Crippen LogP contribution in [-0.2, 0) is 14.8 Å². The summed E-state index contributed by atoms with van der Waals surface area (Å²) in [5.41, 5.74) is 4.39. The zero-order chi connectivity index (χ0) is 21.6. The normalized spacial score (nSPS) is 15.8. The van der Waals surface area contributed by atoms with Crippen LogP contribution >= 0.6 is 24.0 Å². The first-order chi connectivity index (χ1) is 14.1. The van der Waals surface area contributed by atoms with Crippen molar-refractivity contribution in [3.8, 4) is 11.1 Å². The van der Waals surface area contributed by atoms with Gasteiger partial charge in [0.25, 0.3) is 5.91 Å². The molecule has 7 nitrogen and oxygen atoms in total. The van der Waals surface area contributed by atoms with Crippen LogP contribution in [0, 0.1) is 13.8 Å². The lowest BCUT2D eigenvalue weighted by molar-refractivity contribution is -0.115. The third kappa shape index (κ3) is 4.11. The van der Waals surface area contributed by atoms with Crippen molar-refractivity contribution in [1.29, 1.82) is 0 Å². The fraction of sp³-hybridized carbons (Fsp3) is 0.150. The molecule has 30 heavy (non-hydrogen) atoms. The maximum atomic E-state index is 11.9. The van der Waals surface area contributed by atoms with Gasteiger partial charge in [0.1, 0.15) is 15.7 Å². The molecule has 2 aromatic heterocycles. The van der Waals surface area contributed by atoms with E-state index in [1.54, 1.807) is 18.5 Å². The van der Waals surface area contributed by atoms with Gasteiger partial charge >= 0.3 is 0 Å². The van der Waals surface area contributed by atoms with E-state index in [4.69, 9.17) is 16.6 Å². The fourth-order valence-electron chi connectivity index (χ4n) is 3.27. The molecule has 2 N–H and O–H groups in total. The molecule has 1 aliphatic rings. The molecule has 0 spiro atoms. The van der Waals surface area contributed by atoms with Crippen molar-refractivity contribution in [2.75, 3.05) is 11.0 Å². The molecule has 1 saturated heterocycles. The van der Waals surface area contributed by atoms with Gasteiger partial charge in [-0.25, -0.2) is 8.42 Å². The van der Waals surface area contributed by atoms with Crippen molar-refractivity contribution >= 4 is 67.0 Å². The maximum Gasteiger partial charge on any atom is 0.263 e. The summed E-state index contributed by atoms with van der Waals surface area (Å²) < 4.78 is 32.3. The molecule has 1 aromatic carbocycles. The molecule has 0 aliphatic carbocycles. The first-order valence-corrected chi connectivity index (χ1v) is 11.9. The van der Waals surface area contributed by atoms with E-state index in [1.807, 2.05) is 32.0 Å². The Kier molecular flexibility index (Phi) is 5.16. The summed E-state index contributed by atoms with van der Waals surface area (Å²) in [5.74, 6) is 0.273. The number of aryl methyl sites for hydroxylation is 2. The van der Waals surface area contributed by atoms with Gasteiger partial charge in [-0.05, 0) is 48.7 Å². The SMILES string of the molecule is Cc1cc(-c2cncc3cc(/C=C4/SC(=S)NC4=O)oc23)cc(C)c1NS(C)(=O)=O. The number of furan rings is 1. The maximum absolute atomic E-state index is 11.9. The first-order valence-electron chi connectivity index (χ1n) is 8.82. The van der Waals surface area contributed by atoms with Crippen molar-refractivity contribution in [3.05, 3.63) is 52.4 Å². The number of sulfonamides is 1. The molecule has 4 rings (SSSR count). The van der Waals surface area contributed by atoms with Crippen molar-refractivity contribution in [2.24, 2.45) is 0 Å². The molecule has 1 fully saturated rings. The van der Waals surface area contributed by atoms with Crippen molar-refractivity contribution < 1.29 is 17.6 Å². The molecular formula is C20H17N3O4S3. The molecule has 154 valence electrons. The quantitative estimate of drug-likeness (QED) is 0.450. The summed E-state index contributed by atoms with van der Waals surface area (Å²) in [4.78, 5) is 16.7. The fourth-order valence-corrected chi connectivity index (χ4v) is 4.99. The van der Waals surface area contributed by atoms with Gasteiger partial charge in [0.05, 0.1) is 16.8 Å². The van der Waals surface area contributed by atoms with Gasteiger partial charge in [-0.15, -0.1) is 0 Å². The molecule has 10 heteroatoms. The van der Waals surface area contributed by atoms with Crippen LogP contribution < -0.4 is 10.0 Å². The van der Waals surface area contributed by atoms with Crippen LogP contribution in [0.15, 0.2) is 39.9 Å². The van der Waals surface area contributed by atoms with Gasteiger partial charge in [0, 0.05) is 29.4 Å². The zero-order valence-electron chi connectivity index (χ0n) is 16.3. The molecule has 0 atom stereocenters. The van der Waals surface area contributed by atoms with Gasteiger partial charge < -0.3 is 9.73 Å². The summed E-state index contributed by atoms with van der Waals surface area (Å²) in [6.07, 6.45) is 6.17. The van der Waals surface area contributed by atoms with E-state index in [9.17, 15) is 13.2 Å². The number of hydrogen-bond acceptors (Lipinski definition) is 7. The average Bonchev–Trinajstić information content (AvgIpc) is 3.19.